The van der Waals surface area contributed by atoms with Crippen LogP contribution in [0.15, 0.2) is 36.4 Å². The van der Waals surface area contributed by atoms with Crippen molar-refractivity contribution in [3.63, 3.8) is 0 Å². The number of benzene rings is 2. The van der Waals surface area contributed by atoms with Crippen molar-refractivity contribution >= 4 is 17.3 Å². The standard InChI is InChI=1S/C20H25ClN2O2/c1-15-5-4-6-18(20(15)21)23-11-9-22(10-12-23)14-16-13-17(24-2)7-8-19(16)25-3/h4-8,13H,9-12,14H2,1-3H3. The molecule has 4 nitrogen and oxygen atoms in total. The zero-order chi connectivity index (χ0) is 17.8. The molecule has 0 saturated carbocycles. The van der Waals surface area contributed by atoms with Crippen molar-refractivity contribution in [2.75, 3.05) is 45.3 Å². The molecule has 0 aliphatic carbocycles. The van der Waals surface area contributed by atoms with E-state index >= 15 is 0 Å². The molecule has 25 heavy (non-hydrogen) atoms. The molecule has 1 heterocycles. The molecule has 0 atom stereocenters. The lowest BCUT2D eigenvalue weighted by Crippen LogP contribution is -2.46. The van der Waals surface area contributed by atoms with Crippen LogP contribution in [0.5, 0.6) is 11.5 Å². The highest BCUT2D eigenvalue weighted by Crippen LogP contribution is 2.30. The van der Waals surface area contributed by atoms with Gasteiger partial charge in [-0.05, 0) is 36.8 Å². The van der Waals surface area contributed by atoms with E-state index in [1.54, 1.807) is 14.2 Å². The molecule has 0 aromatic heterocycles. The summed E-state index contributed by atoms with van der Waals surface area (Å²) in [6.45, 7) is 6.83. The Morgan fingerprint density at radius 2 is 1.76 bits per heavy atom. The summed E-state index contributed by atoms with van der Waals surface area (Å²) >= 11 is 6.48. The van der Waals surface area contributed by atoms with Gasteiger partial charge in [-0.1, -0.05) is 23.7 Å². The maximum Gasteiger partial charge on any atom is 0.123 e. The SMILES string of the molecule is COc1ccc(OC)c(CN2CCN(c3cccc(C)c3Cl)CC2)c1. The monoisotopic (exact) mass is 360 g/mol. The second kappa shape index (κ2) is 7.98. The normalized spacial score (nSPS) is 15.3. The second-order valence-corrected chi connectivity index (χ2v) is 6.73. The van der Waals surface area contributed by atoms with Crippen LogP contribution in [0, 0.1) is 6.92 Å². The van der Waals surface area contributed by atoms with E-state index in [1.165, 1.54) is 0 Å². The van der Waals surface area contributed by atoms with E-state index in [0.29, 0.717) is 0 Å². The summed E-state index contributed by atoms with van der Waals surface area (Å²) in [6.07, 6.45) is 0. The molecule has 1 aliphatic heterocycles. The molecule has 134 valence electrons. The van der Waals surface area contributed by atoms with Crippen molar-refractivity contribution in [3.8, 4) is 11.5 Å². The quantitative estimate of drug-likeness (QED) is 0.805. The Bertz CT molecular complexity index is 728. The molecule has 0 amide bonds. The summed E-state index contributed by atoms with van der Waals surface area (Å²) in [5, 5.41) is 0.866. The van der Waals surface area contributed by atoms with Gasteiger partial charge in [0.25, 0.3) is 0 Å². The van der Waals surface area contributed by atoms with Gasteiger partial charge in [0.1, 0.15) is 11.5 Å². The largest absolute Gasteiger partial charge is 0.497 e. The number of piperazine rings is 1. The molecule has 0 N–H and O–H groups in total. The Morgan fingerprint density at radius 1 is 1.00 bits per heavy atom. The number of anilines is 1. The first-order chi connectivity index (χ1) is 12.1. The van der Waals surface area contributed by atoms with Crippen LogP contribution in [0.25, 0.3) is 0 Å². The molecule has 1 aliphatic rings. The van der Waals surface area contributed by atoms with E-state index < -0.39 is 0 Å². The number of methoxy groups -OCH3 is 2. The fraction of sp³-hybridized carbons (Fsp3) is 0.400. The molecule has 5 heteroatoms. The molecule has 1 saturated heterocycles. The first-order valence-corrected chi connectivity index (χ1v) is 8.93. The Balaban J connectivity index is 1.66. The highest BCUT2D eigenvalue weighted by atomic mass is 35.5. The summed E-state index contributed by atoms with van der Waals surface area (Å²) < 4.78 is 10.8. The van der Waals surface area contributed by atoms with Crippen LogP contribution < -0.4 is 14.4 Å². The molecule has 0 spiro atoms. The Kier molecular flexibility index (Phi) is 5.71. The molecule has 3 rings (SSSR count). The lowest BCUT2D eigenvalue weighted by atomic mass is 10.1. The summed E-state index contributed by atoms with van der Waals surface area (Å²) in [5.41, 5.74) is 3.42. The van der Waals surface area contributed by atoms with E-state index in [0.717, 1.165) is 66.1 Å². The third-order valence-electron chi connectivity index (χ3n) is 4.77. The van der Waals surface area contributed by atoms with Gasteiger partial charge in [0.05, 0.1) is 24.9 Å². The van der Waals surface area contributed by atoms with Gasteiger partial charge in [-0.15, -0.1) is 0 Å². The van der Waals surface area contributed by atoms with Crippen molar-refractivity contribution in [2.45, 2.75) is 13.5 Å². The number of ether oxygens (including phenoxy) is 2. The maximum absolute atomic E-state index is 6.48. The van der Waals surface area contributed by atoms with E-state index in [-0.39, 0.29) is 0 Å². The highest BCUT2D eigenvalue weighted by molar-refractivity contribution is 6.34. The number of nitrogens with zero attached hydrogens (tertiary/aromatic N) is 2. The average molecular weight is 361 g/mol. The van der Waals surface area contributed by atoms with Crippen LogP contribution in [0.4, 0.5) is 5.69 Å². The predicted octanol–water partition coefficient (Wildman–Crippen LogP) is 3.99. The molecular weight excluding hydrogens is 336 g/mol. The van der Waals surface area contributed by atoms with Crippen molar-refractivity contribution in [2.24, 2.45) is 0 Å². The van der Waals surface area contributed by atoms with E-state index in [4.69, 9.17) is 21.1 Å². The van der Waals surface area contributed by atoms with Crippen LogP contribution >= 0.6 is 11.6 Å². The molecule has 2 aromatic rings. The van der Waals surface area contributed by atoms with Crippen LogP contribution in [0.3, 0.4) is 0 Å². The van der Waals surface area contributed by atoms with Gasteiger partial charge in [0, 0.05) is 38.3 Å². The molecule has 0 unspecified atom stereocenters. The predicted molar refractivity (Wildman–Crippen MR) is 103 cm³/mol. The van der Waals surface area contributed by atoms with Gasteiger partial charge < -0.3 is 14.4 Å². The zero-order valence-electron chi connectivity index (χ0n) is 15.1. The van der Waals surface area contributed by atoms with Gasteiger partial charge in [0.2, 0.25) is 0 Å². The number of aryl methyl sites for hydroxylation is 1. The third kappa shape index (κ3) is 4.02. The van der Waals surface area contributed by atoms with Gasteiger partial charge in [0.15, 0.2) is 0 Å². The van der Waals surface area contributed by atoms with Crippen LogP contribution in [-0.2, 0) is 6.54 Å². The van der Waals surface area contributed by atoms with Gasteiger partial charge in [-0.25, -0.2) is 0 Å². The number of hydrogen-bond acceptors (Lipinski definition) is 4. The average Bonchev–Trinajstić information content (AvgIpc) is 2.64. The molecule has 0 radical (unpaired) electrons. The van der Waals surface area contributed by atoms with Crippen molar-refractivity contribution < 1.29 is 9.47 Å². The van der Waals surface area contributed by atoms with E-state index in [9.17, 15) is 0 Å². The van der Waals surface area contributed by atoms with E-state index in [1.807, 2.05) is 12.1 Å². The van der Waals surface area contributed by atoms with Crippen LogP contribution in [0.1, 0.15) is 11.1 Å². The highest BCUT2D eigenvalue weighted by Gasteiger charge is 2.20. The second-order valence-electron chi connectivity index (χ2n) is 6.35. The minimum Gasteiger partial charge on any atom is -0.497 e. The summed E-state index contributed by atoms with van der Waals surface area (Å²) in [4.78, 5) is 4.81. The van der Waals surface area contributed by atoms with E-state index in [2.05, 4.69) is 41.0 Å². The fourth-order valence-corrected chi connectivity index (χ4v) is 3.51. The number of rotatable bonds is 5. The summed E-state index contributed by atoms with van der Waals surface area (Å²) in [6, 6.07) is 12.2. The smallest absolute Gasteiger partial charge is 0.123 e. The zero-order valence-corrected chi connectivity index (χ0v) is 15.8. The number of hydrogen-bond donors (Lipinski definition) is 0. The summed E-state index contributed by atoms with van der Waals surface area (Å²) in [7, 11) is 3.40. The van der Waals surface area contributed by atoms with Crippen molar-refractivity contribution in [1.29, 1.82) is 0 Å². The van der Waals surface area contributed by atoms with Gasteiger partial charge >= 0.3 is 0 Å². The molecule has 0 bridgehead atoms. The minimum atomic E-state index is 0.857. The maximum atomic E-state index is 6.48. The van der Waals surface area contributed by atoms with Gasteiger partial charge in [-0.3, -0.25) is 4.90 Å². The lowest BCUT2D eigenvalue weighted by Gasteiger charge is -2.36. The minimum absolute atomic E-state index is 0.857. The number of halogens is 1. The molecular formula is C20H25ClN2O2. The lowest BCUT2D eigenvalue weighted by molar-refractivity contribution is 0.245. The fourth-order valence-electron chi connectivity index (χ4n) is 3.27. The topological polar surface area (TPSA) is 24.9 Å². The molecule has 2 aromatic carbocycles. The van der Waals surface area contributed by atoms with Crippen LogP contribution in [0.2, 0.25) is 5.02 Å². The Hall–Kier alpha value is -1.91. The van der Waals surface area contributed by atoms with Crippen molar-refractivity contribution in [1.82, 2.24) is 4.90 Å². The Morgan fingerprint density at radius 3 is 2.44 bits per heavy atom. The van der Waals surface area contributed by atoms with Crippen molar-refractivity contribution in [3.05, 3.63) is 52.5 Å². The van der Waals surface area contributed by atoms with Gasteiger partial charge in [-0.2, -0.15) is 0 Å². The summed E-state index contributed by atoms with van der Waals surface area (Å²) in [5.74, 6) is 1.77. The first-order valence-electron chi connectivity index (χ1n) is 8.55. The van der Waals surface area contributed by atoms with Crippen LogP contribution in [-0.4, -0.2) is 45.3 Å². The first kappa shape index (κ1) is 17.9. The molecule has 1 fully saturated rings. The Labute approximate surface area is 154 Å². The third-order valence-corrected chi connectivity index (χ3v) is 5.26.